The van der Waals surface area contributed by atoms with E-state index in [1.807, 2.05) is 0 Å². The van der Waals surface area contributed by atoms with E-state index in [2.05, 4.69) is 15.9 Å². The van der Waals surface area contributed by atoms with E-state index in [0.29, 0.717) is 4.47 Å². The van der Waals surface area contributed by atoms with Crippen LogP contribution < -0.4 is 14.8 Å². The number of alkyl halides is 3. The van der Waals surface area contributed by atoms with Crippen molar-refractivity contribution in [3.8, 4) is 11.5 Å². The zero-order valence-electron chi connectivity index (χ0n) is 9.39. The third-order valence-electron chi connectivity index (χ3n) is 1.96. The summed E-state index contributed by atoms with van der Waals surface area (Å²) in [5, 5.41) is 1.71. The van der Waals surface area contributed by atoms with E-state index in [0.717, 1.165) is 0 Å². The van der Waals surface area contributed by atoms with Gasteiger partial charge in [-0.05, 0) is 15.9 Å². The summed E-state index contributed by atoms with van der Waals surface area (Å²) in [5.41, 5.74) is -0.0748. The van der Waals surface area contributed by atoms with Gasteiger partial charge in [0.15, 0.2) is 0 Å². The maximum Gasteiger partial charge on any atom is 0.471 e. The highest BCUT2D eigenvalue weighted by molar-refractivity contribution is 9.10. The number of anilines is 1. The number of carbonyl (C=O) groups excluding carboxylic acids is 1. The predicted molar refractivity (Wildman–Crippen MR) is 61.9 cm³/mol. The van der Waals surface area contributed by atoms with Crippen molar-refractivity contribution in [1.29, 1.82) is 0 Å². The van der Waals surface area contributed by atoms with Crippen molar-refractivity contribution >= 4 is 27.5 Å². The molecular weight excluding hydrogens is 319 g/mol. The van der Waals surface area contributed by atoms with Crippen molar-refractivity contribution < 1.29 is 27.4 Å². The van der Waals surface area contributed by atoms with Gasteiger partial charge in [0.1, 0.15) is 16.0 Å². The molecule has 0 atom stereocenters. The second-order valence-corrected chi connectivity index (χ2v) is 3.94. The number of halogens is 4. The molecule has 100 valence electrons. The van der Waals surface area contributed by atoms with Gasteiger partial charge in [-0.15, -0.1) is 0 Å². The highest BCUT2D eigenvalue weighted by Crippen LogP contribution is 2.37. The van der Waals surface area contributed by atoms with Crippen LogP contribution in [0.25, 0.3) is 0 Å². The normalized spacial score (nSPS) is 11.0. The van der Waals surface area contributed by atoms with Crippen LogP contribution in [-0.2, 0) is 4.79 Å². The van der Waals surface area contributed by atoms with Gasteiger partial charge < -0.3 is 14.8 Å². The predicted octanol–water partition coefficient (Wildman–Crippen LogP) is 2.97. The van der Waals surface area contributed by atoms with E-state index in [4.69, 9.17) is 9.47 Å². The van der Waals surface area contributed by atoms with E-state index < -0.39 is 12.1 Å². The third kappa shape index (κ3) is 3.28. The summed E-state index contributed by atoms with van der Waals surface area (Å²) in [6, 6.07) is 2.49. The molecule has 1 aromatic rings. The largest absolute Gasteiger partial charge is 0.495 e. The number of carbonyl (C=O) groups is 1. The average molecular weight is 328 g/mol. The first-order chi connectivity index (χ1) is 8.29. The van der Waals surface area contributed by atoms with Crippen LogP contribution in [0.5, 0.6) is 11.5 Å². The van der Waals surface area contributed by atoms with Gasteiger partial charge in [0.05, 0.1) is 14.2 Å². The van der Waals surface area contributed by atoms with E-state index in [1.54, 1.807) is 5.32 Å². The summed E-state index contributed by atoms with van der Waals surface area (Å²) in [5.74, 6) is -1.58. The Labute approximate surface area is 109 Å². The maximum atomic E-state index is 12.1. The molecule has 0 spiro atoms. The Hall–Kier alpha value is -1.44. The van der Waals surface area contributed by atoms with E-state index in [-0.39, 0.29) is 17.2 Å². The standard InChI is InChI=1S/C10H9BrF3NO3/c1-17-6-3-5(4-7(18-2)8(6)11)15-9(16)10(12,13)14/h3-4H,1-2H3,(H,15,16). The topological polar surface area (TPSA) is 47.6 Å². The second kappa shape index (κ2) is 5.47. The van der Waals surface area contributed by atoms with Crippen LogP contribution in [0.1, 0.15) is 0 Å². The summed E-state index contributed by atoms with van der Waals surface area (Å²) in [7, 11) is 2.68. The van der Waals surface area contributed by atoms with Gasteiger partial charge >= 0.3 is 12.1 Å². The monoisotopic (exact) mass is 327 g/mol. The molecule has 0 fully saturated rings. The fraction of sp³-hybridized carbons (Fsp3) is 0.300. The lowest BCUT2D eigenvalue weighted by atomic mass is 10.2. The van der Waals surface area contributed by atoms with Crippen molar-refractivity contribution in [1.82, 2.24) is 0 Å². The zero-order chi connectivity index (χ0) is 13.9. The van der Waals surface area contributed by atoms with Crippen LogP contribution in [-0.4, -0.2) is 26.3 Å². The van der Waals surface area contributed by atoms with Gasteiger partial charge in [-0.25, -0.2) is 0 Å². The van der Waals surface area contributed by atoms with Crippen molar-refractivity contribution in [2.24, 2.45) is 0 Å². The zero-order valence-corrected chi connectivity index (χ0v) is 11.0. The van der Waals surface area contributed by atoms with Crippen molar-refractivity contribution in [2.75, 3.05) is 19.5 Å². The van der Waals surface area contributed by atoms with Gasteiger partial charge in [0, 0.05) is 17.8 Å². The van der Waals surface area contributed by atoms with Crippen molar-refractivity contribution in [2.45, 2.75) is 6.18 Å². The number of rotatable bonds is 3. The lowest BCUT2D eigenvalue weighted by molar-refractivity contribution is -0.167. The molecule has 0 aliphatic carbocycles. The Morgan fingerprint density at radius 1 is 1.22 bits per heavy atom. The minimum Gasteiger partial charge on any atom is -0.495 e. The van der Waals surface area contributed by atoms with Crippen LogP contribution in [0.2, 0.25) is 0 Å². The third-order valence-corrected chi connectivity index (χ3v) is 2.74. The molecule has 0 aliphatic rings. The second-order valence-electron chi connectivity index (χ2n) is 3.15. The highest BCUT2D eigenvalue weighted by Gasteiger charge is 2.38. The minimum atomic E-state index is -4.95. The van der Waals surface area contributed by atoms with Gasteiger partial charge in [0.25, 0.3) is 0 Å². The number of nitrogens with one attached hydrogen (secondary N) is 1. The van der Waals surface area contributed by atoms with Crippen LogP contribution in [0.15, 0.2) is 16.6 Å². The minimum absolute atomic E-state index is 0.0748. The fourth-order valence-electron chi connectivity index (χ4n) is 1.14. The SMILES string of the molecule is COc1cc(NC(=O)C(F)(F)F)cc(OC)c1Br. The molecule has 1 rings (SSSR count). The summed E-state index contributed by atoms with van der Waals surface area (Å²) >= 11 is 3.16. The first-order valence-electron chi connectivity index (χ1n) is 4.59. The summed E-state index contributed by atoms with van der Waals surface area (Å²) < 4.78 is 46.6. The van der Waals surface area contributed by atoms with Gasteiger partial charge in [-0.2, -0.15) is 13.2 Å². The summed E-state index contributed by atoms with van der Waals surface area (Å²) in [6.07, 6.45) is -4.95. The molecular formula is C10H9BrF3NO3. The Morgan fingerprint density at radius 3 is 2.00 bits per heavy atom. The Morgan fingerprint density at radius 2 is 1.67 bits per heavy atom. The molecule has 0 saturated carbocycles. The Kier molecular flexibility index (Phi) is 4.44. The van der Waals surface area contributed by atoms with E-state index in [9.17, 15) is 18.0 Å². The van der Waals surface area contributed by atoms with Crippen LogP contribution >= 0.6 is 15.9 Å². The molecule has 0 bridgehead atoms. The highest BCUT2D eigenvalue weighted by atomic mass is 79.9. The molecule has 4 nitrogen and oxygen atoms in total. The first-order valence-corrected chi connectivity index (χ1v) is 5.38. The molecule has 18 heavy (non-hydrogen) atoms. The van der Waals surface area contributed by atoms with E-state index >= 15 is 0 Å². The van der Waals surface area contributed by atoms with Crippen molar-refractivity contribution in [3.05, 3.63) is 16.6 Å². The van der Waals surface area contributed by atoms with Crippen LogP contribution in [0.4, 0.5) is 18.9 Å². The Bertz CT molecular complexity index is 437. The van der Waals surface area contributed by atoms with Crippen molar-refractivity contribution in [3.63, 3.8) is 0 Å². The smallest absolute Gasteiger partial charge is 0.471 e. The Balaban J connectivity index is 3.07. The molecule has 1 amide bonds. The number of methoxy groups -OCH3 is 2. The first kappa shape index (κ1) is 14.6. The lowest BCUT2D eigenvalue weighted by Gasteiger charge is -2.13. The quantitative estimate of drug-likeness (QED) is 0.928. The number of ether oxygens (including phenoxy) is 2. The van der Waals surface area contributed by atoms with Crippen LogP contribution in [0, 0.1) is 0 Å². The number of hydrogen-bond donors (Lipinski definition) is 1. The molecule has 0 heterocycles. The summed E-state index contributed by atoms with van der Waals surface area (Å²) in [4.78, 5) is 10.8. The molecule has 1 aromatic carbocycles. The van der Waals surface area contributed by atoms with Gasteiger partial charge in [0.2, 0.25) is 0 Å². The average Bonchev–Trinajstić information content (AvgIpc) is 2.29. The molecule has 1 N–H and O–H groups in total. The molecule has 0 radical (unpaired) electrons. The summed E-state index contributed by atoms with van der Waals surface area (Å²) in [6.45, 7) is 0. The fourth-order valence-corrected chi connectivity index (χ4v) is 1.70. The van der Waals surface area contributed by atoms with Gasteiger partial charge in [-0.1, -0.05) is 0 Å². The molecule has 0 aliphatic heterocycles. The number of amides is 1. The lowest BCUT2D eigenvalue weighted by Crippen LogP contribution is -2.29. The maximum absolute atomic E-state index is 12.1. The molecule has 0 aromatic heterocycles. The molecule has 8 heteroatoms. The van der Waals surface area contributed by atoms with E-state index in [1.165, 1.54) is 26.4 Å². The van der Waals surface area contributed by atoms with Crippen LogP contribution in [0.3, 0.4) is 0 Å². The van der Waals surface area contributed by atoms with Gasteiger partial charge in [-0.3, -0.25) is 4.79 Å². The molecule has 0 saturated heterocycles. The molecule has 0 unspecified atom stereocenters. The number of hydrogen-bond acceptors (Lipinski definition) is 3. The number of benzene rings is 1.